The van der Waals surface area contributed by atoms with Gasteiger partial charge in [-0.25, -0.2) is 0 Å². The van der Waals surface area contributed by atoms with E-state index in [1.54, 1.807) is 11.3 Å². The lowest BCUT2D eigenvalue weighted by Crippen LogP contribution is -2.36. The summed E-state index contributed by atoms with van der Waals surface area (Å²) in [4.78, 5) is 3.73. The maximum atomic E-state index is 11.3. The fourth-order valence-electron chi connectivity index (χ4n) is 5.03. The number of aromatic nitrogens is 1. The monoisotopic (exact) mass is 617 g/mol. The minimum Gasteiger partial charge on any atom is -0.335 e. The molecule has 42 heavy (non-hydrogen) atoms. The van der Waals surface area contributed by atoms with Crippen molar-refractivity contribution in [3.05, 3.63) is 117 Å². The molecule has 0 atom stereocenters. The average Bonchev–Trinajstić information content (AvgIpc) is 3.46. The van der Waals surface area contributed by atoms with Crippen LogP contribution in [0.5, 0.6) is 0 Å². The zero-order valence-electron chi connectivity index (χ0n) is 24.5. The Hall–Kier alpha value is -3.17. The van der Waals surface area contributed by atoms with Gasteiger partial charge in [0.05, 0.1) is 16.5 Å². The standard InChI is InChI=1S/C34H36N2O3S3/c1-24(12-15-33-35(18-8-20-42(37,38)39)29-14-11-25(2)21-31(29)40-33)13-16-34-36(19-17-28-9-6-5-7-10-28)30-22-26(3)27(4)23-32(30)41-34/h5-7,9-16,21-23H,8,17-20H2,1-4H3/p+1. The van der Waals surface area contributed by atoms with E-state index >= 15 is 0 Å². The zero-order chi connectivity index (χ0) is 29.9. The molecular weight excluding hydrogens is 581 g/mol. The Balaban J connectivity index is 1.39. The number of thiazole rings is 1. The van der Waals surface area contributed by atoms with E-state index in [4.69, 9.17) is 0 Å². The summed E-state index contributed by atoms with van der Waals surface area (Å²) in [7, 11) is -3.99. The third-order valence-electron chi connectivity index (χ3n) is 7.46. The smallest absolute Gasteiger partial charge is 0.265 e. The van der Waals surface area contributed by atoms with Crippen LogP contribution in [0.2, 0.25) is 0 Å². The summed E-state index contributed by atoms with van der Waals surface area (Å²) in [5.74, 6) is -0.251. The van der Waals surface area contributed by atoms with Gasteiger partial charge in [-0.05, 0) is 80.6 Å². The molecule has 0 spiro atoms. The van der Waals surface area contributed by atoms with E-state index in [0.717, 1.165) is 33.8 Å². The van der Waals surface area contributed by atoms with Crippen molar-refractivity contribution in [2.24, 2.45) is 0 Å². The van der Waals surface area contributed by atoms with Crippen molar-refractivity contribution in [3.8, 4) is 0 Å². The summed E-state index contributed by atoms with van der Waals surface area (Å²) in [5, 5.41) is 2.26. The maximum absolute atomic E-state index is 11.3. The lowest BCUT2D eigenvalue weighted by molar-refractivity contribution is -0.668. The number of anilines is 1. The molecule has 0 radical (unpaired) electrons. The first kappa shape index (κ1) is 30.3. The van der Waals surface area contributed by atoms with E-state index in [1.807, 2.05) is 11.8 Å². The lowest BCUT2D eigenvalue weighted by Gasteiger charge is -2.21. The Morgan fingerprint density at radius 3 is 2.55 bits per heavy atom. The van der Waals surface area contributed by atoms with Gasteiger partial charge in [-0.1, -0.05) is 77.2 Å². The van der Waals surface area contributed by atoms with Crippen molar-refractivity contribution in [2.75, 3.05) is 17.2 Å². The molecule has 3 aromatic carbocycles. The molecule has 1 aliphatic rings. The molecule has 0 saturated carbocycles. The molecule has 8 heteroatoms. The SMILES string of the molecule is CC(/C=C/c1sc2cc(C)ccc2[n+]1CCCS(=O)(=O)O)=C\C=C1\Sc2cc(C)c(C)cc2N1CCc1ccccc1. The van der Waals surface area contributed by atoms with Crippen LogP contribution in [0.25, 0.3) is 16.3 Å². The van der Waals surface area contributed by atoms with Crippen molar-refractivity contribution in [1.82, 2.24) is 0 Å². The number of thioether (sulfide) groups is 1. The van der Waals surface area contributed by atoms with Gasteiger partial charge in [0, 0.05) is 30.0 Å². The van der Waals surface area contributed by atoms with Gasteiger partial charge < -0.3 is 4.90 Å². The van der Waals surface area contributed by atoms with Gasteiger partial charge in [0.25, 0.3) is 15.1 Å². The van der Waals surface area contributed by atoms with E-state index < -0.39 is 10.1 Å². The lowest BCUT2D eigenvalue weighted by atomic mass is 10.1. The van der Waals surface area contributed by atoms with Gasteiger partial charge in [-0.15, -0.1) is 0 Å². The van der Waals surface area contributed by atoms with E-state index in [0.29, 0.717) is 13.0 Å². The van der Waals surface area contributed by atoms with Crippen LogP contribution < -0.4 is 9.47 Å². The van der Waals surface area contributed by atoms with Gasteiger partial charge in [0.2, 0.25) is 5.52 Å². The molecule has 5 rings (SSSR count). The fraction of sp³-hybridized carbons (Fsp3) is 0.265. The largest absolute Gasteiger partial charge is 0.335 e. The van der Waals surface area contributed by atoms with Gasteiger partial charge in [-0.3, -0.25) is 4.55 Å². The minimum atomic E-state index is -3.99. The number of aryl methyl sites for hydroxylation is 4. The Labute approximate surface area is 257 Å². The van der Waals surface area contributed by atoms with Crippen molar-refractivity contribution in [3.63, 3.8) is 0 Å². The quantitative estimate of drug-likeness (QED) is 0.111. The highest BCUT2D eigenvalue weighted by Gasteiger charge is 2.25. The second-order valence-corrected chi connectivity index (χ2v) is 14.5. The van der Waals surface area contributed by atoms with Crippen molar-refractivity contribution < 1.29 is 17.5 Å². The summed E-state index contributed by atoms with van der Waals surface area (Å²) in [6.07, 6.45) is 9.92. The van der Waals surface area contributed by atoms with Crippen LogP contribution in [-0.4, -0.2) is 25.3 Å². The number of allylic oxidation sites excluding steroid dienone is 4. The Bertz CT molecular complexity index is 1800. The van der Waals surface area contributed by atoms with Gasteiger partial charge in [0.15, 0.2) is 6.54 Å². The van der Waals surface area contributed by atoms with Gasteiger partial charge in [-0.2, -0.15) is 13.0 Å². The van der Waals surface area contributed by atoms with Crippen molar-refractivity contribution in [1.29, 1.82) is 0 Å². The number of nitrogens with zero attached hydrogens (tertiary/aromatic N) is 2. The van der Waals surface area contributed by atoms with Crippen molar-refractivity contribution in [2.45, 2.75) is 52.0 Å². The van der Waals surface area contributed by atoms with E-state index in [9.17, 15) is 13.0 Å². The highest BCUT2D eigenvalue weighted by molar-refractivity contribution is 8.03. The zero-order valence-corrected chi connectivity index (χ0v) is 27.0. The first-order chi connectivity index (χ1) is 20.1. The van der Waals surface area contributed by atoms with Crippen LogP contribution in [0.4, 0.5) is 5.69 Å². The summed E-state index contributed by atoms with van der Waals surface area (Å²) in [6.45, 7) is 9.94. The molecule has 0 aliphatic carbocycles. The average molecular weight is 618 g/mol. The molecule has 0 amide bonds. The summed E-state index contributed by atoms with van der Waals surface area (Å²) in [6, 6.07) is 21.6. The molecule has 0 saturated heterocycles. The van der Waals surface area contributed by atoms with Crippen LogP contribution >= 0.6 is 23.1 Å². The molecule has 0 unspecified atom stereocenters. The molecule has 2 heterocycles. The van der Waals surface area contributed by atoms with Crippen molar-refractivity contribution >= 4 is 55.2 Å². The number of rotatable bonds is 10. The van der Waals surface area contributed by atoms with Crippen LogP contribution in [-0.2, 0) is 23.1 Å². The van der Waals surface area contributed by atoms with E-state index in [-0.39, 0.29) is 5.75 Å². The van der Waals surface area contributed by atoms with Gasteiger partial charge >= 0.3 is 0 Å². The first-order valence-electron chi connectivity index (χ1n) is 14.1. The number of fused-ring (bicyclic) bond motifs is 2. The molecular formula is C34H37N2O3S3+. The molecule has 5 nitrogen and oxygen atoms in total. The molecule has 1 N–H and O–H groups in total. The third kappa shape index (κ3) is 7.42. The normalized spacial score (nSPS) is 14.9. The highest BCUT2D eigenvalue weighted by Crippen LogP contribution is 2.47. The number of hydrogen-bond donors (Lipinski definition) is 1. The van der Waals surface area contributed by atoms with E-state index in [1.165, 1.54) is 37.9 Å². The Morgan fingerprint density at radius 2 is 1.79 bits per heavy atom. The Kier molecular flexibility index (Phi) is 9.38. The minimum absolute atomic E-state index is 0.251. The topological polar surface area (TPSA) is 61.5 Å². The summed E-state index contributed by atoms with van der Waals surface area (Å²) in [5.41, 5.74) is 8.60. The predicted molar refractivity (Wildman–Crippen MR) is 178 cm³/mol. The number of benzene rings is 3. The third-order valence-corrected chi connectivity index (χ3v) is 10.5. The molecule has 1 aromatic heterocycles. The highest BCUT2D eigenvalue weighted by atomic mass is 32.2. The van der Waals surface area contributed by atoms with Crippen LogP contribution in [0.1, 0.15) is 40.6 Å². The Morgan fingerprint density at radius 1 is 1.02 bits per heavy atom. The van der Waals surface area contributed by atoms with Crippen LogP contribution in [0.15, 0.2) is 94.4 Å². The molecule has 4 aromatic rings. The first-order valence-corrected chi connectivity index (χ1v) is 17.4. The fourth-order valence-corrected chi connectivity index (χ4v) is 7.88. The predicted octanol–water partition coefficient (Wildman–Crippen LogP) is 8.05. The van der Waals surface area contributed by atoms with Gasteiger partial charge in [0.1, 0.15) is 4.70 Å². The second kappa shape index (κ2) is 13.0. The summed E-state index contributed by atoms with van der Waals surface area (Å²) < 4.78 is 35.1. The summed E-state index contributed by atoms with van der Waals surface area (Å²) >= 11 is 3.51. The molecule has 218 valence electrons. The second-order valence-electron chi connectivity index (χ2n) is 10.8. The maximum Gasteiger partial charge on any atom is 0.265 e. The van der Waals surface area contributed by atoms with Crippen LogP contribution in [0.3, 0.4) is 0 Å². The molecule has 0 bridgehead atoms. The molecule has 0 fully saturated rings. The van der Waals surface area contributed by atoms with Crippen LogP contribution in [0, 0.1) is 20.8 Å². The number of hydrogen-bond acceptors (Lipinski definition) is 5. The van der Waals surface area contributed by atoms with E-state index in [2.05, 4.69) is 122 Å². The molecule has 1 aliphatic heterocycles.